The van der Waals surface area contributed by atoms with Crippen LogP contribution in [0.4, 0.5) is 0 Å². The van der Waals surface area contributed by atoms with E-state index >= 15 is 0 Å². The van der Waals surface area contributed by atoms with E-state index in [2.05, 4.69) is 20.8 Å². The summed E-state index contributed by atoms with van der Waals surface area (Å²) in [5.41, 5.74) is -0.789. The van der Waals surface area contributed by atoms with Crippen molar-refractivity contribution in [3.8, 4) is 0 Å². The first-order chi connectivity index (χ1) is 14.4. The lowest BCUT2D eigenvalue weighted by atomic mass is 9.85. The summed E-state index contributed by atoms with van der Waals surface area (Å²) < 4.78 is 40.0. The molecule has 30 heavy (non-hydrogen) atoms. The lowest BCUT2D eigenvalue weighted by Gasteiger charge is -2.30. The van der Waals surface area contributed by atoms with Crippen LogP contribution in [0.25, 0.3) is 0 Å². The zero-order valence-electron chi connectivity index (χ0n) is 20.4. The minimum absolute atomic E-state index is 0.692. The Hall–Kier alpha value is 0.130. The van der Waals surface area contributed by atoms with Crippen LogP contribution in [0.2, 0.25) is 0 Å². The van der Waals surface area contributed by atoms with E-state index in [-0.39, 0.29) is 0 Å². The highest BCUT2D eigenvalue weighted by atomic mass is 35.7. The molecule has 0 aromatic rings. The predicted molar refractivity (Wildman–Crippen MR) is 118 cm³/mol. The molecule has 182 valence electrons. The molecule has 0 spiro atoms. The van der Waals surface area contributed by atoms with Crippen LogP contribution >= 0.6 is 0 Å². The molecule has 0 amide bonds. The average Bonchev–Trinajstić information content (AvgIpc) is 2.69. The molecule has 0 heterocycles. The lowest BCUT2D eigenvalue weighted by molar-refractivity contribution is -1.92. The Bertz CT molecular complexity index is 317. The number of hydrogen-bond acceptors (Lipinski definition) is 4. The van der Waals surface area contributed by atoms with Gasteiger partial charge in [-0.05, 0) is 38.5 Å². The molecular formula is C25H51ClO4. The van der Waals surface area contributed by atoms with Gasteiger partial charge in [0.1, 0.15) is 0 Å². The van der Waals surface area contributed by atoms with Gasteiger partial charge in [-0.15, -0.1) is 0 Å². The summed E-state index contributed by atoms with van der Waals surface area (Å²) >= 11 is 0. The molecular weight excluding hydrogens is 400 g/mol. The summed E-state index contributed by atoms with van der Waals surface area (Å²) in [6.07, 6.45) is 22.8. The highest BCUT2D eigenvalue weighted by Gasteiger charge is 2.44. The van der Waals surface area contributed by atoms with Crippen molar-refractivity contribution in [3.63, 3.8) is 0 Å². The van der Waals surface area contributed by atoms with Crippen LogP contribution in [0.3, 0.4) is 0 Å². The van der Waals surface area contributed by atoms with Crippen LogP contribution in [0.5, 0.6) is 0 Å². The van der Waals surface area contributed by atoms with Crippen molar-refractivity contribution in [2.45, 2.75) is 161 Å². The topological polar surface area (TPSA) is 78.4 Å². The molecule has 5 heteroatoms. The highest BCUT2D eigenvalue weighted by molar-refractivity contribution is 4.80. The Balaban J connectivity index is 4.75. The van der Waals surface area contributed by atoms with Crippen LogP contribution < -0.4 is 14.0 Å². The Labute approximate surface area is 189 Å². The predicted octanol–water partition coefficient (Wildman–Crippen LogP) is 5.89. The first-order valence-corrected chi connectivity index (χ1v) is 14.2. The molecule has 0 aromatic heterocycles. The van der Waals surface area contributed by atoms with Crippen molar-refractivity contribution in [1.29, 1.82) is 0 Å². The van der Waals surface area contributed by atoms with Crippen LogP contribution in [0.15, 0.2) is 0 Å². The van der Waals surface area contributed by atoms with Gasteiger partial charge in [0.05, 0.1) is 14.5 Å². The van der Waals surface area contributed by atoms with Crippen molar-refractivity contribution in [2.24, 2.45) is 0 Å². The van der Waals surface area contributed by atoms with E-state index in [0.29, 0.717) is 19.3 Å². The van der Waals surface area contributed by atoms with E-state index in [9.17, 15) is 14.0 Å². The minimum Gasteiger partial charge on any atom is -0.183 e. The zero-order valence-corrected chi connectivity index (χ0v) is 21.1. The Morgan fingerprint density at radius 3 is 1.00 bits per heavy atom. The van der Waals surface area contributed by atoms with Crippen LogP contribution in [0.1, 0.15) is 156 Å². The van der Waals surface area contributed by atoms with Gasteiger partial charge in [0, 0.05) is 0 Å². The van der Waals surface area contributed by atoms with Gasteiger partial charge in [0.2, 0.25) is 5.60 Å². The summed E-state index contributed by atoms with van der Waals surface area (Å²) in [4.78, 5) is 0. The molecule has 0 fully saturated rings. The van der Waals surface area contributed by atoms with Crippen molar-refractivity contribution < 1.29 is 28.5 Å². The molecule has 0 rings (SSSR count). The third-order valence-electron chi connectivity index (χ3n) is 6.22. The molecule has 0 N–H and O–H groups in total. The molecule has 0 aromatic carbocycles. The lowest BCUT2D eigenvalue weighted by Crippen LogP contribution is -2.64. The van der Waals surface area contributed by atoms with Gasteiger partial charge in [-0.1, -0.05) is 117 Å². The van der Waals surface area contributed by atoms with Gasteiger partial charge in [-0.3, -0.25) is 0 Å². The standard InChI is InChI=1S/C25H51ClO4/c1-4-7-10-13-16-19-22-25(30-26(27,28)29,23-20-17-14-11-8-5-2)24-21-18-15-12-9-6-3/h4-24H2,1-3H3. The Morgan fingerprint density at radius 2 is 0.733 bits per heavy atom. The molecule has 0 aliphatic rings. The maximum absolute atomic E-state index is 11.6. The van der Waals surface area contributed by atoms with E-state index in [1.165, 1.54) is 77.0 Å². The SMILES string of the molecule is CCCCCCCCC(CCCCCCCC)(CCCCCCCC)O[Cl+3]([O-])([O-])[O-]. The summed E-state index contributed by atoms with van der Waals surface area (Å²) in [6, 6.07) is 0. The third-order valence-corrected chi connectivity index (χ3v) is 6.73. The van der Waals surface area contributed by atoms with Gasteiger partial charge < -0.3 is 0 Å². The monoisotopic (exact) mass is 450 g/mol. The van der Waals surface area contributed by atoms with E-state index in [0.717, 1.165) is 38.5 Å². The van der Waals surface area contributed by atoms with Crippen LogP contribution in [0, 0.1) is 10.2 Å². The quantitative estimate of drug-likeness (QED) is 0.182. The summed E-state index contributed by atoms with van der Waals surface area (Å²) in [7, 11) is -4.39. The van der Waals surface area contributed by atoms with Gasteiger partial charge in [0.25, 0.3) is 0 Å². The molecule has 0 saturated carbocycles. The molecule has 0 bridgehead atoms. The van der Waals surface area contributed by atoms with Gasteiger partial charge in [-0.2, -0.15) is 14.0 Å². The summed E-state index contributed by atoms with van der Waals surface area (Å²) in [5, 5.41) is 0. The van der Waals surface area contributed by atoms with Crippen molar-refractivity contribution >= 4 is 0 Å². The average molecular weight is 451 g/mol. The van der Waals surface area contributed by atoms with Crippen molar-refractivity contribution in [2.75, 3.05) is 0 Å². The van der Waals surface area contributed by atoms with E-state index in [1.54, 1.807) is 0 Å². The van der Waals surface area contributed by atoms with E-state index in [4.69, 9.17) is 4.29 Å². The van der Waals surface area contributed by atoms with Crippen molar-refractivity contribution in [1.82, 2.24) is 0 Å². The maximum atomic E-state index is 11.6. The summed E-state index contributed by atoms with van der Waals surface area (Å²) in [5.74, 6) is 0. The molecule has 0 aliphatic carbocycles. The fraction of sp³-hybridized carbons (Fsp3) is 1.00. The summed E-state index contributed by atoms with van der Waals surface area (Å²) in [6.45, 7) is 6.62. The molecule has 4 nitrogen and oxygen atoms in total. The van der Waals surface area contributed by atoms with Crippen molar-refractivity contribution in [3.05, 3.63) is 0 Å². The van der Waals surface area contributed by atoms with Gasteiger partial charge >= 0.3 is 0 Å². The minimum atomic E-state index is -4.39. The molecule has 0 aliphatic heterocycles. The number of hydrogen-bond donors (Lipinski definition) is 0. The maximum Gasteiger partial charge on any atom is 0.223 e. The largest absolute Gasteiger partial charge is 0.223 e. The number of unbranched alkanes of at least 4 members (excludes halogenated alkanes) is 15. The first-order valence-electron chi connectivity index (χ1n) is 13.0. The van der Waals surface area contributed by atoms with E-state index in [1.807, 2.05) is 0 Å². The third kappa shape index (κ3) is 18.9. The normalized spacial score (nSPS) is 12.6. The second kappa shape index (κ2) is 19.8. The Morgan fingerprint density at radius 1 is 0.467 bits per heavy atom. The Kier molecular flexibility index (Phi) is 19.9. The second-order valence-electron chi connectivity index (χ2n) is 9.19. The van der Waals surface area contributed by atoms with Gasteiger partial charge in [-0.25, -0.2) is 0 Å². The fourth-order valence-corrected chi connectivity index (χ4v) is 5.01. The fourth-order valence-electron chi connectivity index (χ4n) is 4.37. The number of halogens is 1. The second-order valence-corrected chi connectivity index (χ2v) is 10.1. The smallest absolute Gasteiger partial charge is 0.183 e. The zero-order chi connectivity index (χ0) is 22.6. The molecule has 0 saturated heterocycles. The van der Waals surface area contributed by atoms with E-state index < -0.39 is 15.8 Å². The van der Waals surface area contributed by atoms with Crippen LogP contribution in [-0.2, 0) is 4.29 Å². The molecule has 0 unspecified atom stereocenters. The van der Waals surface area contributed by atoms with Crippen LogP contribution in [-0.4, -0.2) is 5.60 Å². The first kappa shape index (κ1) is 30.1. The highest BCUT2D eigenvalue weighted by Crippen LogP contribution is 2.34. The molecule has 0 atom stereocenters. The number of rotatable bonds is 23. The molecule has 0 radical (unpaired) electrons. The van der Waals surface area contributed by atoms with Gasteiger partial charge in [0.15, 0.2) is 0 Å².